The number of carbonyl (C=O) groups is 2. The SMILES string of the molecule is CC(=O)c1cc(F)ccc1C=CCNC(=O)OCC1c2ccccc2-c2ccccc21. The number of carbonyl (C=O) groups excluding carboxylic acids is 2. The molecule has 0 radical (unpaired) electrons. The number of benzene rings is 3. The third-order valence-electron chi connectivity index (χ3n) is 5.40. The van der Waals surface area contributed by atoms with Crippen molar-refractivity contribution in [1.82, 2.24) is 5.32 Å². The van der Waals surface area contributed by atoms with Crippen LogP contribution in [0.5, 0.6) is 0 Å². The second kappa shape index (κ2) is 8.96. The molecule has 0 saturated heterocycles. The lowest BCUT2D eigenvalue weighted by molar-refractivity contribution is 0.101. The normalized spacial score (nSPS) is 12.5. The van der Waals surface area contributed by atoms with E-state index < -0.39 is 11.9 Å². The quantitative estimate of drug-likeness (QED) is 0.535. The molecule has 0 aromatic heterocycles. The predicted molar refractivity (Wildman–Crippen MR) is 119 cm³/mol. The van der Waals surface area contributed by atoms with Crippen molar-refractivity contribution in [2.75, 3.05) is 13.2 Å². The summed E-state index contributed by atoms with van der Waals surface area (Å²) in [5.41, 5.74) is 5.57. The Morgan fingerprint density at radius 1 is 1.00 bits per heavy atom. The van der Waals surface area contributed by atoms with E-state index in [9.17, 15) is 14.0 Å². The summed E-state index contributed by atoms with van der Waals surface area (Å²) in [6, 6.07) is 20.4. The number of hydrogen-bond acceptors (Lipinski definition) is 3. The molecule has 1 amide bonds. The lowest BCUT2D eigenvalue weighted by atomic mass is 9.98. The molecule has 1 aliphatic carbocycles. The number of nitrogens with one attached hydrogen (secondary N) is 1. The van der Waals surface area contributed by atoms with Crippen LogP contribution in [0, 0.1) is 5.82 Å². The molecule has 0 aliphatic heterocycles. The van der Waals surface area contributed by atoms with Crippen LogP contribution in [0.25, 0.3) is 17.2 Å². The summed E-state index contributed by atoms with van der Waals surface area (Å²) < 4.78 is 18.8. The minimum atomic E-state index is -0.516. The van der Waals surface area contributed by atoms with Gasteiger partial charge in [0.25, 0.3) is 0 Å². The zero-order valence-corrected chi connectivity index (χ0v) is 17.1. The minimum absolute atomic E-state index is 0.00559. The highest BCUT2D eigenvalue weighted by Gasteiger charge is 2.28. The van der Waals surface area contributed by atoms with Crippen LogP contribution in [-0.2, 0) is 4.74 Å². The van der Waals surface area contributed by atoms with E-state index in [0.29, 0.717) is 11.1 Å². The van der Waals surface area contributed by atoms with Gasteiger partial charge >= 0.3 is 6.09 Å². The summed E-state index contributed by atoms with van der Waals surface area (Å²) in [6.45, 7) is 1.86. The van der Waals surface area contributed by atoms with E-state index in [2.05, 4.69) is 29.6 Å². The molecule has 4 nitrogen and oxygen atoms in total. The maximum absolute atomic E-state index is 13.4. The van der Waals surface area contributed by atoms with Crippen molar-refractivity contribution in [3.8, 4) is 11.1 Å². The largest absolute Gasteiger partial charge is 0.449 e. The molecule has 3 aromatic rings. The van der Waals surface area contributed by atoms with Gasteiger partial charge in [0.15, 0.2) is 5.78 Å². The number of ether oxygens (including phenoxy) is 1. The molecule has 3 aromatic carbocycles. The highest BCUT2D eigenvalue weighted by atomic mass is 19.1. The summed E-state index contributed by atoms with van der Waals surface area (Å²) in [6.07, 6.45) is 2.86. The fraction of sp³-hybridized carbons (Fsp3) is 0.154. The van der Waals surface area contributed by atoms with Crippen molar-refractivity contribution in [3.05, 3.63) is 101 Å². The molecule has 0 bridgehead atoms. The van der Waals surface area contributed by atoms with Crippen LogP contribution in [-0.4, -0.2) is 25.0 Å². The fourth-order valence-electron chi connectivity index (χ4n) is 3.96. The van der Waals surface area contributed by atoms with Gasteiger partial charge in [-0.2, -0.15) is 0 Å². The number of ketones is 1. The summed E-state index contributed by atoms with van der Waals surface area (Å²) in [5.74, 6) is -0.672. The molecule has 5 heteroatoms. The van der Waals surface area contributed by atoms with Crippen molar-refractivity contribution in [2.24, 2.45) is 0 Å². The van der Waals surface area contributed by atoms with Gasteiger partial charge in [-0.3, -0.25) is 4.79 Å². The summed E-state index contributed by atoms with van der Waals surface area (Å²) in [4.78, 5) is 23.8. The Hall–Kier alpha value is -3.73. The Bertz CT molecular complexity index is 1120. The van der Waals surface area contributed by atoms with Gasteiger partial charge in [-0.05, 0) is 46.9 Å². The van der Waals surface area contributed by atoms with Crippen LogP contribution in [0.4, 0.5) is 9.18 Å². The van der Waals surface area contributed by atoms with Crippen LogP contribution in [0.1, 0.15) is 39.9 Å². The van der Waals surface area contributed by atoms with Crippen molar-refractivity contribution in [1.29, 1.82) is 0 Å². The van der Waals surface area contributed by atoms with E-state index in [1.54, 1.807) is 12.2 Å². The molecule has 0 spiro atoms. The van der Waals surface area contributed by atoms with Crippen LogP contribution < -0.4 is 5.32 Å². The molecule has 4 rings (SSSR count). The number of rotatable bonds is 6. The molecule has 156 valence electrons. The molecular formula is C26H22FNO3. The van der Waals surface area contributed by atoms with E-state index in [4.69, 9.17) is 4.74 Å². The molecule has 1 aliphatic rings. The minimum Gasteiger partial charge on any atom is -0.449 e. The molecule has 0 heterocycles. The standard InChI is InChI=1S/C26H22FNO3/c1-17(29)24-15-19(27)13-12-18(24)7-6-14-28-26(30)31-16-25-22-10-4-2-8-20(22)21-9-3-5-11-23(21)25/h2-13,15,25H,14,16H2,1H3,(H,28,30). The number of halogens is 1. The van der Waals surface area contributed by atoms with Crippen molar-refractivity contribution in [3.63, 3.8) is 0 Å². The maximum atomic E-state index is 13.4. The Labute approximate surface area is 180 Å². The van der Waals surface area contributed by atoms with Crippen LogP contribution in [0.3, 0.4) is 0 Å². The van der Waals surface area contributed by atoms with Gasteiger partial charge < -0.3 is 10.1 Å². The van der Waals surface area contributed by atoms with Crippen LogP contribution >= 0.6 is 0 Å². The van der Waals surface area contributed by atoms with E-state index >= 15 is 0 Å². The average molecular weight is 415 g/mol. The number of Topliss-reactive ketones (excluding diaryl/α,β-unsaturated/α-hetero) is 1. The summed E-state index contributed by atoms with van der Waals surface area (Å²) in [7, 11) is 0. The van der Waals surface area contributed by atoms with E-state index in [1.165, 1.54) is 36.2 Å². The molecule has 0 fully saturated rings. The van der Waals surface area contributed by atoms with E-state index in [1.807, 2.05) is 24.3 Å². The van der Waals surface area contributed by atoms with Gasteiger partial charge in [-0.1, -0.05) is 66.7 Å². The number of hydrogen-bond donors (Lipinski definition) is 1. The average Bonchev–Trinajstić information content (AvgIpc) is 3.10. The highest BCUT2D eigenvalue weighted by Crippen LogP contribution is 2.44. The van der Waals surface area contributed by atoms with Gasteiger partial charge in [0.05, 0.1) is 0 Å². The highest BCUT2D eigenvalue weighted by molar-refractivity contribution is 5.97. The Balaban J connectivity index is 1.35. The first kappa shape index (κ1) is 20.5. The van der Waals surface area contributed by atoms with Crippen molar-refractivity contribution in [2.45, 2.75) is 12.8 Å². The van der Waals surface area contributed by atoms with Gasteiger partial charge in [-0.15, -0.1) is 0 Å². The lowest BCUT2D eigenvalue weighted by Gasteiger charge is -2.14. The number of fused-ring (bicyclic) bond motifs is 3. The third kappa shape index (κ3) is 4.40. The van der Waals surface area contributed by atoms with Gasteiger partial charge in [0, 0.05) is 18.0 Å². The third-order valence-corrected chi connectivity index (χ3v) is 5.40. The van der Waals surface area contributed by atoms with Gasteiger partial charge in [-0.25, -0.2) is 9.18 Å². The van der Waals surface area contributed by atoms with Crippen molar-refractivity contribution < 1.29 is 18.7 Å². The van der Waals surface area contributed by atoms with E-state index in [-0.39, 0.29) is 24.9 Å². The second-order valence-corrected chi connectivity index (χ2v) is 7.40. The number of alkyl carbamates (subject to hydrolysis) is 1. The molecule has 0 atom stereocenters. The topological polar surface area (TPSA) is 55.4 Å². The van der Waals surface area contributed by atoms with Gasteiger partial charge in [0.2, 0.25) is 0 Å². The van der Waals surface area contributed by atoms with Crippen molar-refractivity contribution >= 4 is 18.0 Å². The zero-order valence-electron chi connectivity index (χ0n) is 17.1. The first-order valence-corrected chi connectivity index (χ1v) is 10.1. The first-order chi connectivity index (χ1) is 15.0. The van der Waals surface area contributed by atoms with Crippen LogP contribution in [0.2, 0.25) is 0 Å². The first-order valence-electron chi connectivity index (χ1n) is 10.1. The number of amides is 1. The van der Waals surface area contributed by atoms with Gasteiger partial charge in [0.1, 0.15) is 12.4 Å². The summed E-state index contributed by atoms with van der Waals surface area (Å²) in [5, 5.41) is 2.68. The molecule has 1 N–H and O–H groups in total. The molecule has 0 saturated carbocycles. The predicted octanol–water partition coefficient (Wildman–Crippen LogP) is 5.58. The Morgan fingerprint density at radius 3 is 2.29 bits per heavy atom. The summed E-state index contributed by atoms with van der Waals surface area (Å²) >= 11 is 0. The molecule has 31 heavy (non-hydrogen) atoms. The Kier molecular flexibility index (Phi) is 5.94. The molecular weight excluding hydrogens is 393 g/mol. The monoisotopic (exact) mass is 415 g/mol. The second-order valence-electron chi connectivity index (χ2n) is 7.40. The van der Waals surface area contributed by atoms with Crippen LogP contribution in [0.15, 0.2) is 72.8 Å². The smallest absolute Gasteiger partial charge is 0.407 e. The van der Waals surface area contributed by atoms with E-state index in [0.717, 1.165) is 11.1 Å². The zero-order chi connectivity index (χ0) is 21.8. The maximum Gasteiger partial charge on any atom is 0.407 e. The lowest BCUT2D eigenvalue weighted by Crippen LogP contribution is -2.26. The molecule has 0 unspecified atom stereocenters. The Morgan fingerprint density at radius 2 is 1.65 bits per heavy atom. The fourth-order valence-corrected chi connectivity index (χ4v) is 3.96.